The number of aryl methyl sites for hydroxylation is 1. The molecule has 0 radical (unpaired) electrons. The van der Waals surface area contributed by atoms with Gasteiger partial charge in [-0.3, -0.25) is 0 Å². The molecule has 0 aliphatic carbocycles. The van der Waals surface area contributed by atoms with Gasteiger partial charge in [0.25, 0.3) is 0 Å². The Kier molecular flexibility index (Phi) is 2.00. The maximum atomic E-state index is 9.78. The van der Waals surface area contributed by atoms with Crippen molar-refractivity contribution >= 4 is 0 Å². The van der Waals surface area contributed by atoms with E-state index in [1.165, 1.54) is 0 Å². The number of imidazole rings is 1. The Bertz CT molecular complexity index is 240. The molecule has 62 valence electrons. The van der Waals surface area contributed by atoms with Crippen molar-refractivity contribution < 1.29 is 5.11 Å². The average Bonchev–Trinajstić information content (AvgIpc) is 2.36. The normalized spacial score (nSPS) is 16.4. The molecule has 0 spiro atoms. The van der Waals surface area contributed by atoms with Crippen LogP contribution in [-0.4, -0.2) is 14.7 Å². The van der Waals surface area contributed by atoms with Crippen LogP contribution in [0.25, 0.3) is 0 Å². The number of hydrogen-bond donors (Lipinski definition) is 1. The number of aliphatic hydroxyl groups is 1. The smallest absolute Gasteiger partial charge is 0.140 e. The first-order chi connectivity index (χ1) is 5.08. The molecule has 1 atom stereocenters. The van der Waals surface area contributed by atoms with E-state index in [4.69, 9.17) is 0 Å². The van der Waals surface area contributed by atoms with Gasteiger partial charge in [0.15, 0.2) is 0 Å². The quantitative estimate of drug-likeness (QED) is 0.691. The molecule has 1 unspecified atom stereocenters. The standard InChI is InChI=1S/C8H14N2O/c1-4-8(2,11)7-9-5-6-10(7)3/h5-6,11H,4H2,1-3H3. The monoisotopic (exact) mass is 154 g/mol. The lowest BCUT2D eigenvalue weighted by atomic mass is 10.0. The Morgan fingerprint density at radius 2 is 2.36 bits per heavy atom. The molecule has 0 aliphatic rings. The first kappa shape index (κ1) is 8.27. The fourth-order valence-electron chi connectivity index (χ4n) is 1.04. The Balaban J connectivity index is 3.00. The van der Waals surface area contributed by atoms with Gasteiger partial charge in [0.1, 0.15) is 11.4 Å². The Labute approximate surface area is 66.7 Å². The van der Waals surface area contributed by atoms with E-state index in [0.717, 1.165) is 5.82 Å². The summed E-state index contributed by atoms with van der Waals surface area (Å²) in [5.41, 5.74) is -0.793. The highest BCUT2D eigenvalue weighted by Gasteiger charge is 2.24. The maximum absolute atomic E-state index is 9.78. The summed E-state index contributed by atoms with van der Waals surface area (Å²) in [5.74, 6) is 0.722. The molecule has 0 fully saturated rings. The van der Waals surface area contributed by atoms with E-state index in [1.54, 1.807) is 13.1 Å². The second-order valence-electron chi connectivity index (χ2n) is 2.99. The third kappa shape index (κ3) is 1.43. The largest absolute Gasteiger partial charge is 0.382 e. The minimum absolute atomic E-state index is 0.678. The lowest BCUT2D eigenvalue weighted by Gasteiger charge is -2.20. The van der Waals surface area contributed by atoms with E-state index < -0.39 is 5.60 Å². The van der Waals surface area contributed by atoms with Crippen LogP contribution in [0.15, 0.2) is 12.4 Å². The molecule has 1 N–H and O–H groups in total. The fourth-order valence-corrected chi connectivity index (χ4v) is 1.04. The molecule has 0 bridgehead atoms. The molecule has 0 saturated heterocycles. The molecular weight excluding hydrogens is 140 g/mol. The number of aromatic nitrogens is 2. The Morgan fingerprint density at radius 3 is 2.73 bits per heavy atom. The van der Waals surface area contributed by atoms with Crippen LogP contribution >= 0.6 is 0 Å². The van der Waals surface area contributed by atoms with Crippen molar-refractivity contribution in [3.05, 3.63) is 18.2 Å². The molecule has 0 aliphatic heterocycles. The van der Waals surface area contributed by atoms with E-state index in [0.29, 0.717) is 6.42 Å². The zero-order valence-corrected chi connectivity index (χ0v) is 7.20. The lowest BCUT2D eigenvalue weighted by molar-refractivity contribution is 0.0409. The fraction of sp³-hybridized carbons (Fsp3) is 0.625. The van der Waals surface area contributed by atoms with Crippen LogP contribution in [0.4, 0.5) is 0 Å². The summed E-state index contributed by atoms with van der Waals surface area (Å²) in [6.45, 7) is 3.71. The highest BCUT2D eigenvalue weighted by Crippen LogP contribution is 2.20. The number of nitrogens with zero attached hydrogens (tertiary/aromatic N) is 2. The summed E-state index contributed by atoms with van der Waals surface area (Å²) in [4.78, 5) is 4.07. The van der Waals surface area contributed by atoms with Crippen molar-refractivity contribution in [2.24, 2.45) is 7.05 Å². The van der Waals surface area contributed by atoms with E-state index in [1.807, 2.05) is 24.7 Å². The second kappa shape index (κ2) is 2.66. The molecule has 1 heterocycles. The van der Waals surface area contributed by atoms with Crippen LogP contribution in [0.1, 0.15) is 26.1 Å². The van der Waals surface area contributed by atoms with E-state index in [-0.39, 0.29) is 0 Å². The molecule has 3 heteroatoms. The zero-order chi connectivity index (χ0) is 8.48. The molecule has 0 amide bonds. The van der Waals surface area contributed by atoms with Crippen molar-refractivity contribution in [3.8, 4) is 0 Å². The van der Waals surface area contributed by atoms with Gasteiger partial charge in [0.05, 0.1) is 0 Å². The van der Waals surface area contributed by atoms with E-state index in [9.17, 15) is 5.11 Å². The molecule has 0 aromatic carbocycles. The maximum Gasteiger partial charge on any atom is 0.140 e. The van der Waals surface area contributed by atoms with Gasteiger partial charge in [-0.15, -0.1) is 0 Å². The van der Waals surface area contributed by atoms with Crippen molar-refractivity contribution in [1.29, 1.82) is 0 Å². The molecule has 1 aromatic heterocycles. The summed E-state index contributed by atoms with van der Waals surface area (Å²) in [7, 11) is 1.88. The van der Waals surface area contributed by atoms with Crippen LogP contribution in [0.5, 0.6) is 0 Å². The highest BCUT2D eigenvalue weighted by molar-refractivity contribution is 5.01. The van der Waals surface area contributed by atoms with Gasteiger partial charge >= 0.3 is 0 Å². The average molecular weight is 154 g/mol. The highest BCUT2D eigenvalue weighted by atomic mass is 16.3. The predicted molar refractivity (Wildman–Crippen MR) is 43.1 cm³/mol. The summed E-state index contributed by atoms with van der Waals surface area (Å²) in [6, 6.07) is 0. The van der Waals surface area contributed by atoms with E-state index >= 15 is 0 Å². The van der Waals surface area contributed by atoms with Gasteiger partial charge < -0.3 is 9.67 Å². The zero-order valence-electron chi connectivity index (χ0n) is 7.20. The van der Waals surface area contributed by atoms with Gasteiger partial charge in [-0.2, -0.15) is 0 Å². The van der Waals surface area contributed by atoms with Crippen LogP contribution in [0, 0.1) is 0 Å². The van der Waals surface area contributed by atoms with Crippen molar-refractivity contribution in [2.45, 2.75) is 25.9 Å². The summed E-state index contributed by atoms with van der Waals surface area (Å²) in [5, 5.41) is 9.78. The van der Waals surface area contributed by atoms with Crippen molar-refractivity contribution in [2.75, 3.05) is 0 Å². The molecule has 1 aromatic rings. The summed E-state index contributed by atoms with van der Waals surface area (Å²) >= 11 is 0. The first-order valence-electron chi connectivity index (χ1n) is 3.78. The first-order valence-corrected chi connectivity index (χ1v) is 3.78. The molecular formula is C8H14N2O. The van der Waals surface area contributed by atoms with Crippen molar-refractivity contribution in [3.63, 3.8) is 0 Å². The van der Waals surface area contributed by atoms with Crippen LogP contribution in [0.2, 0.25) is 0 Å². The third-order valence-electron chi connectivity index (χ3n) is 1.99. The third-order valence-corrected chi connectivity index (χ3v) is 1.99. The van der Waals surface area contributed by atoms with Gasteiger partial charge in [0, 0.05) is 19.4 Å². The van der Waals surface area contributed by atoms with Crippen LogP contribution in [-0.2, 0) is 12.6 Å². The van der Waals surface area contributed by atoms with Gasteiger partial charge in [-0.25, -0.2) is 4.98 Å². The number of rotatable bonds is 2. The lowest BCUT2D eigenvalue weighted by Crippen LogP contribution is -2.24. The summed E-state index contributed by atoms with van der Waals surface area (Å²) < 4.78 is 1.84. The molecule has 3 nitrogen and oxygen atoms in total. The van der Waals surface area contributed by atoms with E-state index in [2.05, 4.69) is 4.98 Å². The van der Waals surface area contributed by atoms with Crippen molar-refractivity contribution in [1.82, 2.24) is 9.55 Å². The minimum atomic E-state index is -0.793. The molecule has 1 rings (SSSR count). The molecule has 0 saturated carbocycles. The second-order valence-corrected chi connectivity index (χ2v) is 2.99. The molecule has 11 heavy (non-hydrogen) atoms. The number of hydrogen-bond acceptors (Lipinski definition) is 2. The SMILES string of the molecule is CCC(C)(O)c1nccn1C. The van der Waals surface area contributed by atoms with Gasteiger partial charge in [-0.05, 0) is 13.3 Å². The van der Waals surface area contributed by atoms with Crippen LogP contribution < -0.4 is 0 Å². The Morgan fingerprint density at radius 1 is 1.73 bits per heavy atom. The predicted octanol–water partition coefficient (Wildman–Crippen LogP) is 1.04. The minimum Gasteiger partial charge on any atom is -0.382 e. The Hall–Kier alpha value is -0.830. The van der Waals surface area contributed by atoms with Crippen LogP contribution in [0.3, 0.4) is 0 Å². The summed E-state index contributed by atoms with van der Waals surface area (Å²) in [6.07, 6.45) is 4.21. The van der Waals surface area contributed by atoms with Gasteiger partial charge in [-0.1, -0.05) is 6.92 Å². The topological polar surface area (TPSA) is 38.1 Å². The van der Waals surface area contributed by atoms with Gasteiger partial charge in [0.2, 0.25) is 0 Å².